The van der Waals surface area contributed by atoms with Crippen molar-refractivity contribution < 1.29 is 9.53 Å². The molecule has 114 valence electrons. The summed E-state index contributed by atoms with van der Waals surface area (Å²) in [6.07, 6.45) is 3.09. The number of hydrogen-bond donors (Lipinski definition) is 2. The Morgan fingerprint density at radius 3 is 2.81 bits per heavy atom. The van der Waals surface area contributed by atoms with Crippen LogP contribution in [0.2, 0.25) is 0 Å². The number of benzene rings is 1. The van der Waals surface area contributed by atoms with Gasteiger partial charge in [-0.05, 0) is 45.2 Å². The molecule has 2 aliphatic rings. The lowest BCUT2D eigenvalue weighted by atomic mass is 9.74. The van der Waals surface area contributed by atoms with Gasteiger partial charge >= 0.3 is 6.09 Å². The first kappa shape index (κ1) is 14.2. The highest BCUT2D eigenvalue weighted by atomic mass is 16.6. The summed E-state index contributed by atoms with van der Waals surface area (Å²) in [5, 5.41) is 6.67. The summed E-state index contributed by atoms with van der Waals surface area (Å²) in [6, 6.07) is 8.83. The molecular weight excluding hydrogens is 264 g/mol. The zero-order valence-electron chi connectivity index (χ0n) is 13.0. The molecule has 0 radical (unpaired) electrons. The number of ether oxygens (including phenoxy) is 1. The third kappa shape index (κ3) is 2.99. The van der Waals surface area contributed by atoms with Crippen molar-refractivity contribution in [3.63, 3.8) is 0 Å². The van der Waals surface area contributed by atoms with Gasteiger partial charge in [-0.2, -0.15) is 0 Å². The minimum Gasteiger partial charge on any atom is -0.444 e. The molecule has 3 rings (SSSR count). The Balaban J connectivity index is 1.79. The number of rotatable bonds is 1. The van der Waals surface area contributed by atoms with Crippen LogP contribution in [0.15, 0.2) is 24.3 Å². The van der Waals surface area contributed by atoms with Gasteiger partial charge in [-0.3, -0.25) is 0 Å². The van der Waals surface area contributed by atoms with Crippen LogP contribution in [-0.2, 0) is 4.74 Å². The maximum Gasteiger partial charge on any atom is 0.407 e. The molecule has 0 spiro atoms. The molecule has 1 aromatic carbocycles. The van der Waals surface area contributed by atoms with Gasteiger partial charge in [0.25, 0.3) is 0 Å². The van der Waals surface area contributed by atoms with E-state index in [1.54, 1.807) is 0 Å². The summed E-state index contributed by atoms with van der Waals surface area (Å²) in [5.41, 5.74) is 2.07. The maximum absolute atomic E-state index is 12.1. The molecule has 4 nitrogen and oxygen atoms in total. The predicted octanol–water partition coefficient (Wildman–Crippen LogP) is 3.64. The Bertz CT molecular complexity index is 536. The lowest BCUT2D eigenvalue weighted by molar-refractivity contribution is 0.0477. The Labute approximate surface area is 126 Å². The first-order chi connectivity index (χ1) is 9.94. The van der Waals surface area contributed by atoms with E-state index in [2.05, 4.69) is 34.9 Å². The molecule has 1 fully saturated rings. The highest BCUT2D eigenvalue weighted by molar-refractivity contribution is 5.69. The summed E-state index contributed by atoms with van der Waals surface area (Å²) in [7, 11) is 0. The van der Waals surface area contributed by atoms with E-state index < -0.39 is 5.60 Å². The van der Waals surface area contributed by atoms with Crippen molar-refractivity contribution in [3.8, 4) is 0 Å². The molecule has 1 saturated carbocycles. The van der Waals surface area contributed by atoms with E-state index in [1.165, 1.54) is 17.7 Å². The summed E-state index contributed by atoms with van der Waals surface area (Å²) < 4.78 is 5.42. The molecule has 2 bridgehead atoms. The van der Waals surface area contributed by atoms with Crippen molar-refractivity contribution in [3.05, 3.63) is 29.8 Å². The Morgan fingerprint density at radius 2 is 2.05 bits per heavy atom. The molecule has 0 saturated heterocycles. The lowest BCUT2D eigenvalue weighted by Crippen LogP contribution is -2.55. The molecular formula is C17H24N2O2. The summed E-state index contributed by atoms with van der Waals surface area (Å²) in [6.45, 7) is 5.67. The maximum atomic E-state index is 12.1. The topological polar surface area (TPSA) is 50.4 Å². The van der Waals surface area contributed by atoms with Crippen LogP contribution in [0.25, 0.3) is 0 Å². The molecule has 1 heterocycles. The lowest BCUT2D eigenvalue weighted by Gasteiger charge is -2.44. The van der Waals surface area contributed by atoms with E-state index in [0.717, 1.165) is 12.8 Å². The van der Waals surface area contributed by atoms with Gasteiger partial charge in [-0.15, -0.1) is 0 Å². The fourth-order valence-corrected chi connectivity index (χ4v) is 3.50. The highest BCUT2D eigenvalue weighted by Crippen LogP contribution is 2.42. The molecule has 3 atom stereocenters. The highest BCUT2D eigenvalue weighted by Gasteiger charge is 2.40. The Morgan fingerprint density at radius 1 is 1.29 bits per heavy atom. The predicted molar refractivity (Wildman–Crippen MR) is 83.6 cm³/mol. The molecule has 0 aromatic heterocycles. The molecule has 3 unspecified atom stereocenters. The summed E-state index contributed by atoms with van der Waals surface area (Å²) in [5.74, 6) is 0.383. The van der Waals surface area contributed by atoms with Crippen LogP contribution >= 0.6 is 0 Å². The molecule has 1 aliphatic heterocycles. The van der Waals surface area contributed by atoms with Crippen molar-refractivity contribution in [2.45, 2.75) is 63.6 Å². The molecule has 1 aliphatic carbocycles. The van der Waals surface area contributed by atoms with Crippen LogP contribution in [-0.4, -0.2) is 23.8 Å². The van der Waals surface area contributed by atoms with Gasteiger partial charge in [0.2, 0.25) is 0 Å². The van der Waals surface area contributed by atoms with Crippen LogP contribution in [0.3, 0.4) is 0 Å². The third-order valence-corrected chi connectivity index (χ3v) is 4.28. The van der Waals surface area contributed by atoms with Gasteiger partial charge in [-0.1, -0.05) is 24.6 Å². The second-order valence-corrected chi connectivity index (χ2v) is 7.05. The largest absolute Gasteiger partial charge is 0.444 e. The van der Waals surface area contributed by atoms with Gasteiger partial charge in [0.05, 0.1) is 6.04 Å². The second kappa shape index (κ2) is 5.24. The van der Waals surface area contributed by atoms with Crippen LogP contribution < -0.4 is 10.6 Å². The van der Waals surface area contributed by atoms with Crippen molar-refractivity contribution in [2.75, 3.05) is 5.32 Å². The monoisotopic (exact) mass is 288 g/mol. The van der Waals surface area contributed by atoms with Gasteiger partial charge in [0.15, 0.2) is 0 Å². The van der Waals surface area contributed by atoms with E-state index >= 15 is 0 Å². The Hall–Kier alpha value is -1.71. The molecule has 21 heavy (non-hydrogen) atoms. The number of anilines is 1. The van der Waals surface area contributed by atoms with Gasteiger partial charge in [-0.25, -0.2) is 4.79 Å². The number of nitrogens with one attached hydrogen (secondary N) is 2. The zero-order chi connectivity index (χ0) is 15.0. The molecule has 2 N–H and O–H groups in total. The average molecular weight is 288 g/mol. The first-order valence-electron chi connectivity index (χ1n) is 7.79. The molecule has 1 aromatic rings. The number of hydrogen-bond acceptors (Lipinski definition) is 3. The Kier molecular flexibility index (Phi) is 3.56. The van der Waals surface area contributed by atoms with Crippen LogP contribution in [0.5, 0.6) is 0 Å². The first-order valence-corrected chi connectivity index (χ1v) is 7.79. The minimum atomic E-state index is -0.459. The van der Waals surface area contributed by atoms with Crippen LogP contribution in [0, 0.1) is 0 Å². The SMILES string of the molecule is CC(C)(C)OC(=O)NC1C2CCCC1c1ccccc1N2. The van der Waals surface area contributed by atoms with E-state index in [1.807, 2.05) is 20.8 Å². The minimum absolute atomic E-state index is 0.114. The van der Waals surface area contributed by atoms with Crippen LogP contribution in [0.1, 0.15) is 51.5 Å². The van der Waals surface area contributed by atoms with Crippen LogP contribution in [0.4, 0.5) is 10.5 Å². The van der Waals surface area contributed by atoms with Crippen molar-refractivity contribution >= 4 is 11.8 Å². The van der Waals surface area contributed by atoms with E-state index in [-0.39, 0.29) is 12.1 Å². The van der Waals surface area contributed by atoms with Gasteiger partial charge < -0.3 is 15.4 Å². The number of fused-ring (bicyclic) bond motifs is 4. The zero-order valence-corrected chi connectivity index (χ0v) is 13.0. The number of alkyl carbamates (subject to hydrolysis) is 1. The number of amides is 1. The van der Waals surface area contributed by atoms with Gasteiger partial charge in [0, 0.05) is 17.6 Å². The summed E-state index contributed by atoms with van der Waals surface area (Å²) in [4.78, 5) is 12.1. The second-order valence-electron chi connectivity index (χ2n) is 7.05. The average Bonchev–Trinajstić information content (AvgIpc) is 2.37. The summed E-state index contributed by atoms with van der Waals surface area (Å²) >= 11 is 0. The smallest absolute Gasteiger partial charge is 0.407 e. The normalized spacial score (nSPS) is 27.3. The van der Waals surface area contributed by atoms with Crippen molar-refractivity contribution in [2.24, 2.45) is 0 Å². The van der Waals surface area contributed by atoms with E-state index in [9.17, 15) is 4.79 Å². The fourth-order valence-electron chi connectivity index (χ4n) is 3.50. The van der Waals surface area contributed by atoms with Crippen molar-refractivity contribution in [1.29, 1.82) is 0 Å². The van der Waals surface area contributed by atoms with Gasteiger partial charge in [0.1, 0.15) is 5.60 Å². The standard InChI is InChI=1S/C17H24N2O2/c1-17(2,3)21-16(20)19-15-12-8-6-10-14(15)18-13-9-5-4-7-11(12)13/h4-5,7,9,12,14-15,18H,6,8,10H2,1-3H3,(H,19,20). The number of carbonyl (C=O) groups excluding carboxylic acids is 1. The molecule has 1 amide bonds. The quantitative estimate of drug-likeness (QED) is 0.829. The number of para-hydroxylation sites is 1. The van der Waals surface area contributed by atoms with E-state index in [4.69, 9.17) is 4.74 Å². The number of carbonyl (C=O) groups is 1. The van der Waals surface area contributed by atoms with Crippen molar-refractivity contribution in [1.82, 2.24) is 5.32 Å². The third-order valence-electron chi connectivity index (χ3n) is 4.28. The fraction of sp³-hybridized carbons (Fsp3) is 0.588. The molecule has 4 heteroatoms. The van der Waals surface area contributed by atoms with E-state index in [0.29, 0.717) is 12.0 Å².